The standard InChI is InChI=1S/C16H21ClO/c17-15-11-9-14(10-12-15)16(18)8-4-7-13-5-2-1-3-6-13/h2,5,9-13,16,18H,1,3-4,6-8H2/t13-,16?/m1/s1. The molecule has 2 heteroatoms. The number of hydrogen-bond acceptors (Lipinski definition) is 1. The Labute approximate surface area is 114 Å². The van der Waals surface area contributed by atoms with Crippen LogP contribution in [-0.4, -0.2) is 5.11 Å². The van der Waals surface area contributed by atoms with E-state index in [9.17, 15) is 5.11 Å². The topological polar surface area (TPSA) is 20.2 Å². The highest BCUT2D eigenvalue weighted by Crippen LogP contribution is 2.26. The molecule has 0 saturated carbocycles. The van der Waals surface area contributed by atoms with Crippen LogP contribution in [0.25, 0.3) is 0 Å². The molecule has 18 heavy (non-hydrogen) atoms. The predicted octanol–water partition coefficient (Wildman–Crippen LogP) is 4.90. The van der Waals surface area contributed by atoms with Crippen molar-refractivity contribution < 1.29 is 5.11 Å². The molecule has 0 aromatic heterocycles. The van der Waals surface area contributed by atoms with E-state index in [1.807, 2.05) is 24.3 Å². The molecule has 0 spiro atoms. The van der Waals surface area contributed by atoms with E-state index in [0.29, 0.717) is 0 Å². The summed E-state index contributed by atoms with van der Waals surface area (Å²) in [5.41, 5.74) is 0.971. The lowest BCUT2D eigenvalue weighted by Crippen LogP contribution is -2.03. The summed E-state index contributed by atoms with van der Waals surface area (Å²) in [7, 11) is 0. The molecule has 0 aliphatic heterocycles. The number of allylic oxidation sites excluding steroid dienone is 2. The number of aliphatic hydroxyl groups is 1. The highest BCUT2D eigenvalue weighted by molar-refractivity contribution is 6.30. The van der Waals surface area contributed by atoms with Crippen molar-refractivity contribution in [3.8, 4) is 0 Å². The maximum absolute atomic E-state index is 10.1. The summed E-state index contributed by atoms with van der Waals surface area (Å²) >= 11 is 5.83. The van der Waals surface area contributed by atoms with Crippen LogP contribution in [0.1, 0.15) is 50.2 Å². The minimum Gasteiger partial charge on any atom is -0.388 e. The summed E-state index contributed by atoms with van der Waals surface area (Å²) in [5, 5.41) is 10.8. The van der Waals surface area contributed by atoms with Crippen LogP contribution >= 0.6 is 11.6 Å². The van der Waals surface area contributed by atoms with Gasteiger partial charge >= 0.3 is 0 Å². The molecular weight excluding hydrogens is 244 g/mol. The van der Waals surface area contributed by atoms with Crippen LogP contribution in [0.3, 0.4) is 0 Å². The molecule has 0 heterocycles. The maximum atomic E-state index is 10.1. The Morgan fingerprint density at radius 3 is 2.72 bits per heavy atom. The lowest BCUT2D eigenvalue weighted by Gasteiger charge is -2.17. The fourth-order valence-electron chi connectivity index (χ4n) is 2.55. The van der Waals surface area contributed by atoms with Crippen LogP contribution in [0.4, 0.5) is 0 Å². The Hall–Kier alpha value is -0.790. The van der Waals surface area contributed by atoms with Gasteiger partial charge < -0.3 is 5.11 Å². The highest BCUT2D eigenvalue weighted by atomic mass is 35.5. The Kier molecular flexibility index (Phi) is 5.27. The Bertz CT molecular complexity index is 383. The number of benzene rings is 1. The van der Waals surface area contributed by atoms with E-state index in [1.54, 1.807) is 0 Å². The third-order valence-corrected chi connectivity index (χ3v) is 3.91. The van der Waals surface area contributed by atoms with Crippen LogP contribution in [0.2, 0.25) is 5.02 Å². The average Bonchev–Trinajstić information content (AvgIpc) is 2.40. The minimum atomic E-state index is -0.352. The van der Waals surface area contributed by atoms with Crippen molar-refractivity contribution in [3.63, 3.8) is 0 Å². The first-order chi connectivity index (χ1) is 8.75. The van der Waals surface area contributed by atoms with Gasteiger partial charge in [0.25, 0.3) is 0 Å². The molecule has 1 nitrogen and oxygen atoms in total. The van der Waals surface area contributed by atoms with E-state index in [-0.39, 0.29) is 6.10 Å². The normalized spacial score (nSPS) is 20.9. The Balaban J connectivity index is 1.74. The monoisotopic (exact) mass is 264 g/mol. The lowest BCUT2D eigenvalue weighted by atomic mass is 9.90. The molecule has 98 valence electrons. The van der Waals surface area contributed by atoms with Gasteiger partial charge in [-0.1, -0.05) is 35.9 Å². The van der Waals surface area contributed by atoms with E-state index in [1.165, 1.54) is 25.7 Å². The molecule has 1 aromatic carbocycles. The van der Waals surface area contributed by atoms with Gasteiger partial charge in [0.15, 0.2) is 0 Å². The van der Waals surface area contributed by atoms with Crippen molar-refractivity contribution in [2.75, 3.05) is 0 Å². The number of aliphatic hydroxyl groups excluding tert-OH is 1. The number of halogens is 1. The van der Waals surface area contributed by atoms with Crippen molar-refractivity contribution in [1.29, 1.82) is 0 Å². The SMILES string of the molecule is OC(CCC[C@@H]1C=CCCC1)c1ccc(Cl)cc1. The summed E-state index contributed by atoms with van der Waals surface area (Å²) < 4.78 is 0. The van der Waals surface area contributed by atoms with Gasteiger partial charge in [-0.2, -0.15) is 0 Å². The maximum Gasteiger partial charge on any atom is 0.0790 e. The molecule has 1 unspecified atom stereocenters. The molecule has 2 atom stereocenters. The van der Waals surface area contributed by atoms with Gasteiger partial charge in [0.2, 0.25) is 0 Å². The van der Waals surface area contributed by atoms with Gasteiger partial charge in [-0.05, 0) is 62.1 Å². The second-order valence-electron chi connectivity index (χ2n) is 5.12. The fourth-order valence-corrected chi connectivity index (χ4v) is 2.67. The molecule has 0 amide bonds. The van der Waals surface area contributed by atoms with Crippen LogP contribution in [-0.2, 0) is 0 Å². The van der Waals surface area contributed by atoms with Gasteiger partial charge in [0.1, 0.15) is 0 Å². The van der Waals surface area contributed by atoms with Gasteiger partial charge in [0, 0.05) is 5.02 Å². The molecule has 1 aliphatic rings. The third-order valence-electron chi connectivity index (χ3n) is 3.66. The summed E-state index contributed by atoms with van der Waals surface area (Å²) in [6.07, 6.45) is 11.3. The van der Waals surface area contributed by atoms with Gasteiger partial charge in [-0.15, -0.1) is 0 Å². The smallest absolute Gasteiger partial charge is 0.0790 e. The zero-order chi connectivity index (χ0) is 12.8. The first-order valence-electron chi connectivity index (χ1n) is 6.86. The lowest BCUT2D eigenvalue weighted by molar-refractivity contribution is 0.162. The molecule has 0 bridgehead atoms. The predicted molar refractivity (Wildman–Crippen MR) is 76.7 cm³/mol. The summed E-state index contributed by atoms with van der Waals surface area (Å²) in [6.45, 7) is 0. The van der Waals surface area contributed by atoms with Gasteiger partial charge in [0.05, 0.1) is 6.10 Å². The first kappa shape index (κ1) is 13.6. The van der Waals surface area contributed by atoms with Crippen LogP contribution < -0.4 is 0 Å². The largest absolute Gasteiger partial charge is 0.388 e. The average molecular weight is 265 g/mol. The molecule has 1 aromatic rings. The molecule has 0 radical (unpaired) electrons. The van der Waals surface area contributed by atoms with Gasteiger partial charge in [-0.25, -0.2) is 0 Å². The summed E-state index contributed by atoms with van der Waals surface area (Å²) in [6, 6.07) is 7.50. The minimum absolute atomic E-state index is 0.352. The first-order valence-corrected chi connectivity index (χ1v) is 7.23. The van der Waals surface area contributed by atoms with E-state index in [0.717, 1.165) is 29.3 Å². The fraction of sp³-hybridized carbons (Fsp3) is 0.500. The quantitative estimate of drug-likeness (QED) is 0.750. The van der Waals surface area contributed by atoms with Crippen LogP contribution in [0.15, 0.2) is 36.4 Å². The van der Waals surface area contributed by atoms with Crippen molar-refractivity contribution in [3.05, 3.63) is 47.0 Å². The summed E-state index contributed by atoms with van der Waals surface area (Å²) in [5.74, 6) is 0.733. The third kappa shape index (κ3) is 4.15. The zero-order valence-corrected chi connectivity index (χ0v) is 11.4. The molecule has 0 fully saturated rings. The van der Waals surface area contributed by atoms with Crippen molar-refractivity contribution in [1.82, 2.24) is 0 Å². The number of hydrogen-bond donors (Lipinski definition) is 1. The van der Waals surface area contributed by atoms with E-state index >= 15 is 0 Å². The highest BCUT2D eigenvalue weighted by Gasteiger charge is 2.11. The molecular formula is C16H21ClO. The van der Waals surface area contributed by atoms with Crippen LogP contribution in [0, 0.1) is 5.92 Å². The van der Waals surface area contributed by atoms with E-state index in [2.05, 4.69) is 12.2 Å². The zero-order valence-electron chi connectivity index (χ0n) is 10.7. The van der Waals surface area contributed by atoms with Crippen LogP contribution in [0.5, 0.6) is 0 Å². The van der Waals surface area contributed by atoms with Crippen molar-refractivity contribution in [2.45, 2.75) is 44.6 Å². The van der Waals surface area contributed by atoms with Crippen molar-refractivity contribution >= 4 is 11.6 Å². The second kappa shape index (κ2) is 6.96. The van der Waals surface area contributed by atoms with E-state index in [4.69, 9.17) is 11.6 Å². The Morgan fingerprint density at radius 2 is 2.06 bits per heavy atom. The second-order valence-corrected chi connectivity index (χ2v) is 5.55. The molecule has 0 saturated heterocycles. The molecule has 2 rings (SSSR count). The Morgan fingerprint density at radius 1 is 1.28 bits per heavy atom. The molecule has 1 N–H and O–H groups in total. The van der Waals surface area contributed by atoms with Gasteiger partial charge in [-0.3, -0.25) is 0 Å². The summed E-state index contributed by atoms with van der Waals surface area (Å²) in [4.78, 5) is 0. The molecule has 1 aliphatic carbocycles. The van der Waals surface area contributed by atoms with Crippen molar-refractivity contribution in [2.24, 2.45) is 5.92 Å². The number of rotatable bonds is 5. The van der Waals surface area contributed by atoms with E-state index < -0.39 is 0 Å².